The Labute approximate surface area is 589 Å². The zero-order valence-electron chi connectivity index (χ0n) is 58.7. The molecule has 0 aliphatic heterocycles. The number of ether oxygens (including phenoxy) is 2. The van der Waals surface area contributed by atoms with Crippen molar-refractivity contribution >= 4 is 87.6 Å². The standard InChI is InChI=1S/C84H106N4O4S4/c1-7-11-15-19-23-25-27-29-33-43-55-89-81-59(5)73(62-47-39-36-40-48-62)77-80(88-91-85-77)76(81)72-58-66-64(50-42-32-22-18-14-10-4)83-65(63(84(66)96-72)49-41-31-21-17-13-9-3)57-71(95-83)74-60(6)82(90-56-44-34-30-28-26-24-20-16-12-8-2)75(79-78(74)86-92-87-79)70-54-53-69(94-70)68-52-51-67(93-68)61-45-37-35-38-46-61/h35-40,45-48,51-54,57-58H,7-34,41-44,49-50,55-56H2,1-6H3. The van der Waals surface area contributed by atoms with E-state index in [1.807, 2.05) is 34.0 Å². The molecule has 6 aromatic heterocycles. The highest BCUT2D eigenvalue weighted by atomic mass is 32.1. The van der Waals surface area contributed by atoms with Crippen molar-refractivity contribution in [3.63, 3.8) is 0 Å². The van der Waals surface area contributed by atoms with Gasteiger partial charge in [0.1, 0.15) is 33.6 Å². The van der Waals surface area contributed by atoms with Gasteiger partial charge in [0.05, 0.1) is 24.3 Å². The van der Waals surface area contributed by atoms with Gasteiger partial charge in [0, 0.05) is 60.9 Å². The summed E-state index contributed by atoms with van der Waals surface area (Å²) < 4.78 is 29.0. The van der Waals surface area contributed by atoms with E-state index in [1.54, 1.807) is 11.3 Å². The summed E-state index contributed by atoms with van der Waals surface area (Å²) in [6.07, 6.45) is 42.2. The van der Waals surface area contributed by atoms with Crippen LogP contribution < -0.4 is 9.47 Å². The maximum absolute atomic E-state index is 7.24. The molecule has 0 amide bonds. The summed E-state index contributed by atoms with van der Waals surface area (Å²) in [5.41, 5.74) is 14.6. The second-order valence-electron chi connectivity index (χ2n) is 27.2. The van der Waals surface area contributed by atoms with Crippen LogP contribution in [-0.2, 0) is 12.8 Å². The van der Waals surface area contributed by atoms with Crippen LogP contribution in [0, 0.1) is 13.8 Å². The molecule has 6 heterocycles. The minimum atomic E-state index is 0.636. The number of fused-ring (bicyclic) bond motifs is 4. The van der Waals surface area contributed by atoms with E-state index >= 15 is 0 Å². The Kier molecular flexibility index (Phi) is 27.5. The lowest BCUT2D eigenvalue weighted by molar-refractivity contribution is 0.303. The van der Waals surface area contributed by atoms with E-state index in [-0.39, 0.29) is 0 Å². The fourth-order valence-corrected chi connectivity index (χ4v) is 19.3. The molecule has 0 saturated carbocycles. The fraction of sp³-hybridized carbons (Fsp3) is 0.500. The topological polar surface area (TPSA) is 96.3 Å². The Morgan fingerprint density at radius 3 is 1.09 bits per heavy atom. The third-order valence-corrected chi connectivity index (χ3v) is 24.7. The van der Waals surface area contributed by atoms with E-state index in [0.29, 0.717) is 13.2 Å². The summed E-state index contributed by atoms with van der Waals surface area (Å²) in [7, 11) is 0. The number of hydrogen-bond donors (Lipinski definition) is 0. The van der Waals surface area contributed by atoms with Crippen LogP contribution in [0.3, 0.4) is 0 Å². The Balaban J connectivity index is 1.01. The molecule has 0 aliphatic rings. The predicted octanol–water partition coefficient (Wildman–Crippen LogP) is 28.3. The van der Waals surface area contributed by atoms with Gasteiger partial charge in [-0.15, -0.1) is 45.3 Å². The number of benzene rings is 5. The van der Waals surface area contributed by atoms with E-state index in [1.165, 1.54) is 223 Å². The second-order valence-corrected chi connectivity index (χ2v) is 31.4. The van der Waals surface area contributed by atoms with Crippen LogP contribution in [-0.4, -0.2) is 33.8 Å². The van der Waals surface area contributed by atoms with Gasteiger partial charge in [-0.2, -0.15) is 0 Å². The molecule has 12 heteroatoms. The summed E-state index contributed by atoms with van der Waals surface area (Å²) in [5.74, 6) is 1.79. The lowest BCUT2D eigenvalue weighted by Gasteiger charge is -2.17. The van der Waals surface area contributed by atoms with Crippen molar-refractivity contribution < 1.29 is 18.7 Å². The molecule has 0 fully saturated rings. The normalized spacial score (nSPS) is 11.9. The first-order chi connectivity index (χ1) is 47.4. The first-order valence-corrected chi connectivity index (χ1v) is 40.8. The molecule has 510 valence electrons. The molecule has 0 saturated heterocycles. The average molecular weight is 1360 g/mol. The third kappa shape index (κ3) is 17.6. The Morgan fingerprint density at radius 2 is 0.646 bits per heavy atom. The first kappa shape index (κ1) is 71.1. The number of hydrogen-bond acceptors (Lipinski definition) is 12. The highest BCUT2D eigenvalue weighted by Crippen LogP contribution is 2.55. The van der Waals surface area contributed by atoms with Crippen LogP contribution in [0.2, 0.25) is 0 Å². The van der Waals surface area contributed by atoms with E-state index in [2.05, 4.69) is 139 Å². The average Bonchev–Trinajstić information content (AvgIpc) is 1.54. The summed E-state index contributed by atoms with van der Waals surface area (Å²) in [4.78, 5) is 7.20. The second kappa shape index (κ2) is 37.1. The number of thiophene rings is 4. The molecule has 96 heavy (non-hydrogen) atoms. The van der Waals surface area contributed by atoms with Crippen molar-refractivity contribution in [1.82, 2.24) is 20.6 Å². The predicted molar refractivity (Wildman–Crippen MR) is 415 cm³/mol. The molecule has 11 rings (SSSR count). The smallest absolute Gasteiger partial charge is 0.148 e. The molecule has 0 radical (unpaired) electrons. The van der Waals surface area contributed by atoms with Gasteiger partial charge in [-0.05, 0) is 142 Å². The van der Waals surface area contributed by atoms with Crippen molar-refractivity contribution in [3.05, 3.63) is 119 Å². The van der Waals surface area contributed by atoms with Crippen molar-refractivity contribution in [3.8, 4) is 74.1 Å². The van der Waals surface area contributed by atoms with Crippen molar-refractivity contribution in [2.24, 2.45) is 0 Å². The molecule has 8 nitrogen and oxygen atoms in total. The van der Waals surface area contributed by atoms with Crippen LogP contribution in [0.5, 0.6) is 11.5 Å². The SMILES string of the molecule is CCCCCCCCCCCCOc1c(C)c(-c2ccccc2)c2nonc2c1-c1cc2c(CCCCCCCC)c3sc(-c4c(C)c(OCCCCCCCCCCCC)c(-c5ccc(-c6ccc(-c7ccccc7)s6)s5)c5nonc45)cc3c(CCCCCCCC)c2s1. The lowest BCUT2D eigenvalue weighted by atomic mass is 9.92. The van der Waals surface area contributed by atoms with Crippen LogP contribution in [0.4, 0.5) is 0 Å². The van der Waals surface area contributed by atoms with E-state index in [0.717, 1.165) is 134 Å². The zero-order valence-corrected chi connectivity index (χ0v) is 62.0. The maximum Gasteiger partial charge on any atom is 0.148 e. The van der Waals surface area contributed by atoms with Crippen LogP contribution in [0.25, 0.3) is 105 Å². The largest absolute Gasteiger partial charge is 0.493 e. The van der Waals surface area contributed by atoms with Gasteiger partial charge in [0.25, 0.3) is 0 Å². The summed E-state index contributed by atoms with van der Waals surface area (Å²) in [6, 6.07) is 35.5. The number of nitrogens with zero attached hydrogens (tertiary/aromatic N) is 4. The Hall–Kier alpha value is -6.18. The van der Waals surface area contributed by atoms with Crippen LogP contribution >= 0.6 is 45.3 Å². The van der Waals surface area contributed by atoms with Gasteiger partial charge < -0.3 is 9.47 Å². The molecule has 0 atom stereocenters. The monoisotopic (exact) mass is 1360 g/mol. The molecular formula is C84H106N4O4S4. The zero-order chi connectivity index (χ0) is 66.3. The van der Waals surface area contributed by atoms with Gasteiger partial charge in [-0.3, -0.25) is 0 Å². The molecule has 0 spiro atoms. The molecule has 0 aliphatic carbocycles. The minimum Gasteiger partial charge on any atom is -0.493 e. The van der Waals surface area contributed by atoms with Gasteiger partial charge >= 0.3 is 0 Å². The maximum atomic E-state index is 7.24. The number of aromatic nitrogens is 4. The van der Waals surface area contributed by atoms with Gasteiger partial charge in [0.15, 0.2) is 0 Å². The number of rotatable bonds is 44. The van der Waals surface area contributed by atoms with Gasteiger partial charge in [-0.25, -0.2) is 9.26 Å². The highest BCUT2D eigenvalue weighted by Gasteiger charge is 2.31. The van der Waals surface area contributed by atoms with Crippen LogP contribution in [0.1, 0.15) is 255 Å². The molecule has 0 unspecified atom stereocenters. The van der Waals surface area contributed by atoms with Crippen molar-refractivity contribution in [2.45, 2.75) is 260 Å². The summed E-state index contributed by atoms with van der Waals surface area (Å²) >= 11 is 7.51. The highest BCUT2D eigenvalue weighted by molar-refractivity contribution is 7.25. The third-order valence-electron chi connectivity index (χ3n) is 19.8. The van der Waals surface area contributed by atoms with Crippen molar-refractivity contribution in [2.75, 3.05) is 13.2 Å². The van der Waals surface area contributed by atoms with Crippen LogP contribution in [0.15, 0.2) is 106 Å². The lowest BCUT2D eigenvalue weighted by Crippen LogP contribution is -2.03. The minimum absolute atomic E-state index is 0.636. The van der Waals surface area contributed by atoms with E-state index in [9.17, 15) is 0 Å². The van der Waals surface area contributed by atoms with Gasteiger partial charge in [0.2, 0.25) is 0 Å². The summed E-state index contributed by atoms with van der Waals surface area (Å²) in [5, 5.41) is 22.0. The Bertz CT molecular complexity index is 4080. The quantitative estimate of drug-likeness (QED) is 0.0349. The molecule has 11 aromatic rings. The fourth-order valence-electron chi connectivity index (χ4n) is 14.5. The summed E-state index contributed by atoms with van der Waals surface area (Å²) in [6.45, 7) is 15.0. The molecule has 5 aromatic carbocycles. The van der Waals surface area contributed by atoms with Crippen molar-refractivity contribution in [1.29, 1.82) is 0 Å². The molecular weight excluding hydrogens is 1260 g/mol. The Morgan fingerprint density at radius 1 is 0.312 bits per heavy atom. The van der Waals surface area contributed by atoms with E-state index in [4.69, 9.17) is 39.4 Å². The first-order valence-electron chi connectivity index (χ1n) is 37.6. The molecule has 0 N–H and O–H groups in total. The number of unbranched alkanes of at least 4 members (excludes halogenated alkanes) is 28. The van der Waals surface area contributed by atoms with Gasteiger partial charge in [-0.1, -0.05) is 268 Å². The molecule has 0 bridgehead atoms. The van der Waals surface area contributed by atoms with E-state index < -0.39 is 0 Å². The number of aryl methyl sites for hydroxylation is 2.